The van der Waals surface area contributed by atoms with E-state index in [4.69, 9.17) is 11.6 Å². The molecule has 0 aliphatic heterocycles. The Morgan fingerprint density at radius 3 is 3.00 bits per heavy atom. The van der Waals surface area contributed by atoms with E-state index in [0.717, 1.165) is 24.2 Å². The summed E-state index contributed by atoms with van der Waals surface area (Å²) < 4.78 is 2.26. The van der Waals surface area contributed by atoms with Crippen molar-refractivity contribution < 1.29 is 0 Å². The summed E-state index contributed by atoms with van der Waals surface area (Å²) in [6.45, 7) is 2.06. The zero-order valence-corrected chi connectivity index (χ0v) is 9.87. The number of aromatic nitrogens is 1. The molecule has 16 heavy (non-hydrogen) atoms. The molecule has 2 aromatic rings. The van der Waals surface area contributed by atoms with Crippen LogP contribution in [0.1, 0.15) is 12.8 Å². The Balaban J connectivity index is 1.76. The summed E-state index contributed by atoms with van der Waals surface area (Å²) in [5, 5.41) is 5.59. The Labute approximate surface area is 100 Å². The van der Waals surface area contributed by atoms with Gasteiger partial charge in [0.15, 0.2) is 0 Å². The molecule has 1 aliphatic carbocycles. The molecule has 1 fully saturated rings. The van der Waals surface area contributed by atoms with Gasteiger partial charge in [0.2, 0.25) is 0 Å². The summed E-state index contributed by atoms with van der Waals surface area (Å²) in [4.78, 5) is 0. The molecule has 0 atom stereocenters. The lowest BCUT2D eigenvalue weighted by Crippen LogP contribution is -2.21. The predicted molar refractivity (Wildman–Crippen MR) is 68.0 cm³/mol. The third-order valence-corrected chi connectivity index (χ3v) is 3.33. The maximum Gasteiger partial charge on any atom is 0.0495 e. The summed E-state index contributed by atoms with van der Waals surface area (Å²) in [5.41, 5.74) is 1.23. The molecule has 1 heterocycles. The molecule has 2 nitrogen and oxygen atoms in total. The smallest absolute Gasteiger partial charge is 0.0495 e. The van der Waals surface area contributed by atoms with E-state index in [1.54, 1.807) is 0 Å². The van der Waals surface area contributed by atoms with Gasteiger partial charge in [-0.15, -0.1) is 0 Å². The summed E-state index contributed by atoms with van der Waals surface area (Å²) >= 11 is 6.01. The monoisotopic (exact) mass is 234 g/mol. The molecule has 84 valence electrons. The molecule has 0 spiro atoms. The van der Waals surface area contributed by atoms with Crippen molar-refractivity contribution in [3.63, 3.8) is 0 Å². The normalized spacial score (nSPS) is 15.8. The Bertz CT molecular complexity index is 500. The summed E-state index contributed by atoms with van der Waals surface area (Å²) in [7, 11) is 0. The van der Waals surface area contributed by atoms with Gasteiger partial charge in [0, 0.05) is 35.9 Å². The maximum absolute atomic E-state index is 6.01. The number of rotatable bonds is 4. The van der Waals surface area contributed by atoms with Crippen LogP contribution in [0.4, 0.5) is 0 Å². The molecular formula is C13H15ClN2. The third-order valence-electron chi connectivity index (χ3n) is 3.10. The van der Waals surface area contributed by atoms with E-state index < -0.39 is 0 Å². The third kappa shape index (κ3) is 2.08. The van der Waals surface area contributed by atoms with Crippen molar-refractivity contribution in [3.8, 4) is 0 Å². The standard InChI is InChI=1S/C13H15ClN2/c14-11-2-1-10-5-7-16(13(10)9-11)8-6-15-12-3-4-12/h1-2,5,7,9,12,15H,3-4,6,8H2. The van der Waals surface area contributed by atoms with E-state index >= 15 is 0 Å². The highest BCUT2D eigenvalue weighted by atomic mass is 35.5. The number of nitrogens with zero attached hydrogens (tertiary/aromatic N) is 1. The van der Waals surface area contributed by atoms with Crippen molar-refractivity contribution in [2.75, 3.05) is 6.54 Å². The lowest BCUT2D eigenvalue weighted by molar-refractivity contribution is 0.606. The van der Waals surface area contributed by atoms with Gasteiger partial charge in [-0.25, -0.2) is 0 Å². The molecule has 1 aromatic carbocycles. The Morgan fingerprint density at radius 2 is 2.19 bits per heavy atom. The van der Waals surface area contributed by atoms with E-state index in [9.17, 15) is 0 Å². The number of nitrogens with one attached hydrogen (secondary N) is 1. The number of hydrogen-bond acceptors (Lipinski definition) is 1. The van der Waals surface area contributed by atoms with E-state index in [1.165, 1.54) is 23.7 Å². The predicted octanol–water partition coefficient (Wildman–Crippen LogP) is 3.05. The van der Waals surface area contributed by atoms with Gasteiger partial charge in [-0.3, -0.25) is 0 Å². The minimum atomic E-state index is 0.783. The van der Waals surface area contributed by atoms with Gasteiger partial charge in [-0.05, 0) is 36.4 Å². The van der Waals surface area contributed by atoms with Crippen molar-refractivity contribution >= 4 is 22.5 Å². The average molecular weight is 235 g/mol. The lowest BCUT2D eigenvalue weighted by atomic mass is 10.2. The SMILES string of the molecule is Clc1ccc2ccn(CCNC3CC3)c2c1. The molecule has 0 amide bonds. The molecule has 1 saturated carbocycles. The molecule has 1 aromatic heterocycles. The second-order valence-corrected chi connectivity index (χ2v) is 4.88. The van der Waals surface area contributed by atoms with E-state index in [2.05, 4.69) is 28.2 Å². The van der Waals surface area contributed by atoms with Gasteiger partial charge in [0.05, 0.1) is 0 Å². The van der Waals surface area contributed by atoms with Crippen molar-refractivity contribution in [2.45, 2.75) is 25.4 Å². The van der Waals surface area contributed by atoms with E-state index in [1.807, 2.05) is 12.1 Å². The zero-order chi connectivity index (χ0) is 11.0. The van der Waals surface area contributed by atoms with Gasteiger partial charge < -0.3 is 9.88 Å². The first kappa shape index (κ1) is 10.2. The highest BCUT2D eigenvalue weighted by Crippen LogP contribution is 2.21. The van der Waals surface area contributed by atoms with Crippen LogP contribution in [0.5, 0.6) is 0 Å². The highest BCUT2D eigenvalue weighted by Gasteiger charge is 2.19. The summed E-state index contributed by atoms with van der Waals surface area (Å²) in [6, 6.07) is 8.97. The first-order valence-corrected chi connectivity index (χ1v) is 6.18. The van der Waals surface area contributed by atoms with Crippen LogP contribution in [0.25, 0.3) is 10.9 Å². The molecule has 0 saturated heterocycles. The summed E-state index contributed by atoms with van der Waals surface area (Å²) in [5.74, 6) is 0. The number of hydrogen-bond donors (Lipinski definition) is 1. The second-order valence-electron chi connectivity index (χ2n) is 4.44. The molecule has 0 bridgehead atoms. The van der Waals surface area contributed by atoms with Crippen LogP contribution in [0.2, 0.25) is 5.02 Å². The molecule has 0 unspecified atom stereocenters. The minimum Gasteiger partial charge on any atom is -0.346 e. The molecule has 3 heteroatoms. The maximum atomic E-state index is 6.01. The van der Waals surface area contributed by atoms with Crippen molar-refractivity contribution in [1.82, 2.24) is 9.88 Å². The van der Waals surface area contributed by atoms with Crippen LogP contribution in [0.3, 0.4) is 0 Å². The topological polar surface area (TPSA) is 17.0 Å². The highest BCUT2D eigenvalue weighted by molar-refractivity contribution is 6.31. The fourth-order valence-corrected chi connectivity index (χ4v) is 2.19. The Morgan fingerprint density at radius 1 is 1.31 bits per heavy atom. The van der Waals surface area contributed by atoms with Crippen molar-refractivity contribution in [3.05, 3.63) is 35.5 Å². The van der Waals surface area contributed by atoms with Gasteiger partial charge in [0.1, 0.15) is 0 Å². The van der Waals surface area contributed by atoms with Crippen LogP contribution in [-0.2, 0) is 6.54 Å². The average Bonchev–Trinajstić information content (AvgIpc) is 3.01. The van der Waals surface area contributed by atoms with Crippen molar-refractivity contribution in [2.24, 2.45) is 0 Å². The van der Waals surface area contributed by atoms with Crippen LogP contribution < -0.4 is 5.32 Å². The van der Waals surface area contributed by atoms with Gasteiger partial charge in [-0.2, -0.15) is 0 Å². The van der Waals surface area contributed by atoms with Crippen molar-refractivity contribution in [1.29, 1.82) is 0 Å². The van der Waals surface area contributed by atoms with Crippen LogP contribution in [-0.4, -0.2) is 17.2 Å². The Kier molecular flexibility index (Phi) is 2.62. The second kappa shape index (κ2) is 4.11. The lowest BCUT2D eigenvalue weighted by Gasteiger charge is -2.06. The number of fused-ring (bicyclic) bond motifs is 1. The largest absolute Gasteiger partial charge is 0.346 e. The van der Waals surface area contributed by atoms with Crippen LogP contribution >= 0.6 is 11.6 Å². The van der Waals surface area contributed by atoms with E-state index in [-0.39, 0.29) is 0 Å². The number of halogens is 1. The zero-order valence-electron chi connectivity index (χ0n) is 9.12. The summed E-state index contributed by atoms with van der Waals surface area (Å²) in [6.07, 6.45) is 4.83. The molecule has 1 N–H and O–H groups in total. The van der Waals surface area contributed by atoms with Crippen LogP contribution in [0.15, 0.2) is 30.5 Å². The minimum absolute atomic E-state index is 0.783. The molecule has 3 rings (SSSR count). The van der Waals surface area contributed by atoms with Crippen LogP contribution in [0, 0.1) is 0 Å². The first-order valence-electron chi connectivity index (χ1n) is 5.81. The molecule has 0 radical (unpaired) electrons. The fourth-order valence-electron chi connectivity index (χ4n) is 2.03. The fraction of sp³-hybridized carbons (Fsp3) is 0.385. The van der Waals surface area contributed by atoms with Gasteiger partial charge >= 0.3 is 0 Å². The van der Waals surface area contributed by atoms with E-state index in [0.29, 0.717) is 0 Å². The van der Waals surface area contributed by atoms with Gasteiger partial charge in [0.25, 0.3) is 0 Å². The molecule has 1 aliphatic rings. The Hall–Kier alpha value is -0.990. The molecular weight excluding hydrogens is 220 g/mol. The van der Waals surface area contributed by atoms with Gasteiger partial charge in [-0.1, -0.05) is 17.7 Å². The number of benzene rings is 1. The quantitative estimate of drug-likeness (QED) is 0.861. The first-order chi connectivity index (χ1) is 7.83.